The van der Waals surface area contributed by atoms with Crippen LogP contribution in [-0.4, -0.2) is 62.9 Å². The maximum absolute atomic E-state index is 13.7. The van der Waals surface area contributed by atoms with Crippen molar-refractivity contribution in [2.75, 3.05) is 39.4 Å². The van der Waals surface area contributed by atoms with Gasteiger partial charge in [0.25, 0.3) is 0 Å². The SMILES string of the molecule is O=C(N1CCN(S(=O)(=O)Cc2ccccc2)CC1)C1(c2cccc(C(F)(F)F)c2)CCOCC1. The summed E-state index contributed by atoms with van der Waals surface area (Å²) in [4.78, 5) is 15.3. The average molecular weight is 497 g/mol. The van der Waals surface area contributed by atoms with Gasteiger partial charge in [-0.15, -0.1) is 0 Å². The zero-order valence-electron chi connectivity index (χ0n) is 18.6. The molecule has 0 radical (unpaired) electrons. The van der Waals surface area contributed by atoms with Crippen LogP contribution in [0.2, 0.25) is 0 Å². The number of amides is 1. The third-order valence-electron chi connectivity index (χ3n) is 6.61. The zero-order chi connectivity index (χ0) is 24.4. The first kappa shape index (κ1) is 24.7. The van der Waals surface area contributed by atoms with E-state index in [9.17, 15) is 26.4 Å². The van der Waals surface area contributed by atoms with Crippen LogP contribution in [0.3, 0.4) is 0 Å². The Morgan fingerprint density at radius 2 is 1.59 bits per heavy atom. The molecule has 0 atom stereocenters. The number of hydrogen-bond acceptors (Lipinski definition) is 4. The molecular weight excluding hydrogens is 469 g/mol. The smallest absolute Gasteiger partial charge is 0.381 e. The van der Waals surface area contributed by atoms with Gasteiger partial charge in [-0.1, -0.05) is 48.5 Å². The number of halogens is 3. The maximum Gasteiger partial charge on any atom is 0.416 e. The molecule has 4 rings (SSSR count). The van der Waals surface area contributed by atoms with E-state index in [2.05, 4.69) is 0 Å². The molecule has 0 aromatic heterocycles. The summed E-state index contributed by atoms with van der Waals surface area (Å²) in [5, 5.41) is 0. The minimum atomic E-state index is -4.51. The van der Waals surface area contributed by atoms with Crippen LogP contribution in [0.15, 0.2) is 54.6 Å². The highest BCUT2D eigenvalue weighted by atomic mass is 32.2. The molecule has 2 heterocycles. The van der Waals surface area contributed by atoms with E-state index in [1.54, 1.807) is 35.2 Å². The highest BCUT2D eigenvalue weighted by Crippen LogP contribution is 2.40. The lowest BCUT2D eigenvalue weighted by atomic mass is 9.72. The molecule has 6 nitrogen and oxygen atoms in total. The molecule has 2 aliphatic heterocycles. The van der Waals surface area contributed by atoms with E-state index < -0.39 is 27.2 Å². The standard InChI is InChI=1S/C24H27F3N2O4S/c25-24(26,27)21-8-4-7-20(17-21)23(9-15-33-16-10-23)22(30)28-11-13-29(14-12-28)34(31,32)18-19-5-2-1-3-6-19/h1-8,17H,9-16,18H2. The van der Waals surface area contributed by atoms with Crippen molar-refractivity contribution in [3.8, 4) is 0 Å². The van der Waals surface area contributed by atoms with Crippen molar-refractivity contribution in [2.24, 2.45) is 0 Å². The molecule has 2 aromatic carbocycles. The van der Waals surface area contributed by atoms with Crippen LogP contribution >= 0.6 is 0 Å². The molecule has 0 N–H and O–H groups in total. The Hall–Kier alpha value is -2.43. The van der Waals surface area contributed by atoms with Crippen molar-refractivity contribution >= 4 is 15.9 Å². The van der Waals surface area contributed by atoms with Gasteiger partial charge in [-0.2, -0.15) is 17.5 Å². The Morgan fingerprint density at radius 1 is 0.941 bits per heavy atom. The first-order chi connectivity index (χ1) is 16.1. The number of carbonyl (C=O) groups excluding carboxylic acids is 1. The fraction of sp³-hybridized carbons (Fsp3) is 0.458. The molecule has 10 heteroatoms. The van der Waals surface area contributed by atoms with Gasteiger partial charge < -0.3 is 9.64 Å². The summed E-state index contributed by atoms with van der Waals surface area (Å²) in [7, 11) is -3.55. The highest BCUT2D eigenvalue weighted by molar-refractivity contribution is 7.88. The Labute approximate surface area is 197 Å². The van der Waals surface area contributed by atoms with E-state index in [0.717, 1.165) is 12.1 Å². The molecule has 0 unspecified atom stereocenters. The van der Waals surface area contributed by atoms with Crippen molar-refractivity contribution in [2.45, 2.75) is 30.2 Å². The summed E-state index contributed by atoms with van der Waals surface area (Å²) >= 11 is 0. The van der Waals surface area contributed by atoms with Gasteiger partial charge in [0.2, 0.25) is 15.9 Å². The number of alkyl halides is 3. The minimum absolute atomic E-state index is 0.118. The molecule has 2 aromatic rings. The largest absolute Gasteiger partial charge is 0.416 e. The lowest BCUT2D eigenvalue weighted by Crippen LogP contribution is -2.56. The van der Waals surface area contributed by atoms with E-state index in [0.29, 0.717) is 11.1 Å². The molecule has 2 aliphatic rings. The summed E-state index contributed by atoms with van der Waals surface area (Å²) in [5.74, 6) is -0.386. The molecule has 0 bridgehead atoms. The van der Waals surface area contributed by atoms with Crippen LogP contribution < -0.4 is 0 Å². The fourth-order valence-electron chi connectivity index (χ4n) is 4.69. The Bertz CT molecular complexity index is 1110. The van der Waals surface area contributed by atoms with Gasteiger partial charge >= 0.3 is 6.18 Å². The van der Waals surface area contributed by atoms with Crippen LogP contribution in [0, 0.1) is 0 Å². The minimum Gasteiger partial charge on any atom is -0.381 e. The molecule has 1 amide bonds. The van der Waals surface area contributed by atoms with E-state index in [4.69, 9.17) is 4.74 Å². The normalized spacial score (nSPS) is 19.7. The topological polar surface area (TPSA) is 66.9 Å². The van der Waals surface area contributed by atoms with Crippen molar-refractivity contribution in [3.05, 3.63) is 71.3 Å². The average Bonchev–Trinajstić information content (AvgIpc) is 2.84. The third kappa shape index (κ3) is 5.13. The molecule has 0 aliphatic carbocycles. The van der Waals surface area contributed by atoms with Gasteiger partial charge in [-0.05, 0) is 30.0 Å². The van der Waals surface area contributed by atoms with E-state index in [1.165, 1.54) is 10.4 Å². The molecule has 2 fully saturated rings. The molecule has 2 saturated heterocycles. The second-order valence-electron chi connectivity index (χ2n) is 8.71. The number of carbonyl (C=O) groups is 1. The number of ether oxygens (including phenoxy) is 1. The van der Waals surface area contributed by atoms with Crippen molar-refractivity contribution in [1.29, 1.82) is 0 Å². The number of piperazine rings is 1. The van der Waals surface area contributed by atoms with Crippen LogP contribution in [-0.2, 0) is 36.9 Å². The van der Waals surface area contributed by atoms with E-state index in [-0.39, 0.29) is 63.9 Å². The first-order valence-electron chi connectivity index (χ1n) is 11.2. The van der Waals surface area contributed by atoms with E-state index in [1.807, 2.05) is 6.07 Å². The number of nitrogens with zero attached hydrogens (tertiary/aromatic N) is 2. The fourth-order valence-corrected chi connectivity index (χ4v) is 6.20. The van der Waals surface area contributed by atoms with Gasteiger partial charge in [0, 0.05) is 39.4 Å². The first-order valence-corrected chi connectivity index (χ1v) is 12.8. The van der Waals surface area contributed by atoms with Gasteiger partial charge in [0.15, 0.2) is 0 Å². The van der Waals surface area contributed by atoms with Gasteiger partial charge in [-0.3, -0.25) is 4.79 Å². The van der Waals surface area contributed by atoms with E-state index >= 15 is 0 Å². The van der Waals surface area contributed by atoms with Gasteiger partial charge in [-0.25, -0.2) is 8.42 Å². The zero-order valence-corrected chi connectivity index (χ0v) is 19.4. The Morgan fingerprint density at radius 3 is 2.21 bits per heavy atom. The molecule has 184 valence electrons. The van der Waals surface area contributed by atoms with Crippen LogP contribution in [0.5, 0.6) is 0 Å². The number of rotatable bonds is 5. The Kier molecular flexibility index (Phi) is 7.02. The predicted molar refractivity (Wildman–Crippen MR) is 120 cm³/mol. The van der Waals surface area contributed by atoms with Crippen LogP contribution in [0.1, 0.15) is 29.5 Å². The molecule has 0 saturated carbocycles. The lowest BCUT2D eigenvalue weighted by Gasteiger charge is -2.43. The highest BCUT2D eigenvalue weighted by Gasteiger charge is 2.46. The van der Waals surface area contributed by atoms with Gasteiger partial charge in [0.1, 0.15) is 0 Å². The van der Waals surface area contributed by atoms with Crippen LogP contribution in [0.4, 0.5) is 13.2 Å². The predicted octanol–water partition coefficient (Wildman–Crippen LogP) is 3.43. The second kappa shape index (κ2) is 9.67. The maximum atomic E-state index is 13.7. The summed E-state index contributed by atoms with van der Waals surface area (Å²) in [6, 6.07) is 13.8. The number of benzene rings is 2. The summed E-state index contributed by atoms with van der Waals surface area (Å²) in [5.41, 5.74) is -0.896. The summed E-state index contributed by atoms with van der Waals surface area (Å²) < 4.78 is 72.5. The molecular formula is C24H27F3N2O4S. The van der Waals surface area contributed by atoms with Crippen LogP contribution in [0.25, 0.3) is 0 Å². The molecule has 34 heavy (non-hydrogen) atoms. The Balaban J connectivity index is 1.51. The van der Waals surface area contributed by atoms with Crippen molar-refractivity contribution in [1.82, 2.24) is 9.21 Å². The number of sulfonamides is 1. The monoisotopic (exact) mass is 496 g/mol. The van der Waals surface area contributed by atoms with Crippen molar-refractivity contribution < 1.29 is 31.1 Å². The van der Waals surface area contributed by atoms with Gasteiger partial charge in [0.05, 0.1) is 16.7 Å². The number of hydrogen-bond donors (Lipinski definition) is 0. The third-order valence-corrected chi connectivity index (χ3v) is 8.46. The summed E-state index contributed by atoms with van der Waals surface area (Å²) in [6.45, 7) is 1.22. The summed E-state index contributed by atoms with van der Waals surface area (Å²) in [6.07, 6.45) is -3.95. The lowest BCUT2D eigenvalue weighted by molar-refractivity contribution is -0.143. The van der Waals surface area contributed by atoms with Crippen molar-refractivity contribution in [3.63, 3.8) is 0 Å². The quantitative estimate of drug-likeness (QED) is 0.636. The molecule has 0 spiro atoms. The second-order valence-corrected chi connectivity index (χ2v) is 10.7.